The van der Waals surface area contributed by atoms with Crippen LogP contribution in [0.1, 0.15) is 18.5 Å². The monoisotopic (exact) mass is 292 g/mol. The molecular weight excluding hydrogens is 276 g/mol. The van der Waals surface area contributed by atoms with E-state index in [1.807, 2.05) is 0 Å². The van der Waals surface area contributed by atoms with E-state index in [0.717, 1.165) is 12.8 Å². The first kappa shape index (κ1) is 15.3. The van der Waals surface area contributed by atoms with Gasteiger partial charge in [-0.3, -0.25) is 0 Å². The van der Waals surface area contributed by atoms with Crippen molar-refractivity contribution in [3.8, 4) is 0 Å². The van der Waals surface area contributed by atoms with Gasteiger partial charge in [-0.05, 0) is 25.8 Å². The minimum Gasteiger partial charge on any atom is -0.327 e. The summed E-state index contributed by atoms with van der Waals surface area (Å²) in [5, 5.41) is -0.133. The smallest absolute Gasteiger partial charge is 0.278 e. The van der Waals surface area contributed by atoms with Gasteiger partial charge < -0.3 is 5.73 Å². The average Bonchev–Trinajstić information content (AvgIpc) is 2.29. The average molecular weight is 293 g/mol. The lowest BCUT2D eigenvalue weighted by Gasteiger charge is -2.29. The third-order valence-corrected chi connectivity index (χ3v) is 4.43. The molecular formula is C10H17ClN4O2S. The van der Waals surface area contributed by atoms with Gasteiger partial charge in [0.25, 0.3) is 15.2 Å². The summed E-state index contributed by atoms with van der Waals surface area (Å²) in [4.78, 5) is 7.79. The van der Waals surface area contributed by atoms with Gasteiger partial charge in [0.1, 0.15) is 0 Å². The fourth-order valence-electron chi connectivity index (χ4n) is 1.86. The number of sulfonamides is 1. The summed E-state index contributed by atoms with van der Waals surface area (Å²) in [6.07, 6.45) is 3.10. The van der Waals surface area contributed by atoms with Crippen LogP contribution in [0.2, 0.25) is 0 Å². The van der Waals surface area contributed by atoms with E-state index >= 15 is 0 Å². The Balaban J connectivity index is 0.00000162. The maximum Gasteiger partial charge on any atom is 0.278 e. The maximum absolute atomic E-state index is 12.2. The molecule has 1 saturated heterocycles. The highest BCUT2D eigenvalue weighted by atomic mass is 35.5. The third kappa shape index (κ3) is 3.17. The first-order valence-electron chi connectivity index (χ1n) is 5.55. The lowest BCUT2D eigenvalue weighted by molar-refractivity contribution is 0.314. The molecule has 8 heteroatoms. The van der Waals surface area contributed by atoms with Gasteiger partial charge in [0.05, 0.1) is 0 Å². The van der Waals surface area contributed by atoms with E-state index < -0.39 is 10.0 Å². The Labute approximate surface area is 113 Å². The molecule has 2 N–H and O–H groups in total. The molecule has 6 nitrogen and oxygen atoms in total. The van der Waals surface area contributed by atoms with Crippen LogP contribution in [0.5, 0.6) is 0 Å². The highest BCUT2D eigenvalue weighted by molar-refractivity contribution is 7.88. The van der Waals surface area contributed by atoms with Gasteiger partial charge in [-0.2, -0.15) is 4.31 Å². The van der Waals surface area contributed by atoms with Crippen molar-refractivity contribution in [3.63, 3.8) is 0 Å². The number of nitrogens with two attached hydrogens (primary N) is 1. The molecule has 1 aromatic rings. The van der Waals surface area contributed by atoms with Crippen molar-refractivity contribution in [1.29, 1.82) is 0 Å². The zero-order chi connectivity index (χ0) is 12.5. The Morgan fingerprint density at radius 3 is 2.83 bits per heavy atom. The normalized spacial score (nSPS) is 21.3. The summed E-state index contributed by atoms with van der Waals surface area (Å²) >= 11 is 0. The molecule has 0 aromatic carbocycles. The topological polar surface area (TPSA) is 89.2 Å². The second-order valence-electron chi connectivity index (χ2n) is 4.25. The molecule has 1 aliphatic rings. The summed E-state index contributed by atoms with van der Waals surface area (Å²) in [7, 11) is -3.59. The molecule has 1 unspecified atom stereocenters. The van der Waals surface area contributed by atoms with Gasteiger partial charge in [0, 0.05) is 31.0 Å². The van der Waals surface area contributed by atoms with Crippen LogP contribution in [-0.2, 0) is 10.0 Å². The largest absolute Gasteiger partial charge is 0.327 e. The Morgan fingerprint density at radius 1 is 1.50 bits per heavy atom. The molecule has 0 amide bonds. The third-order valence-electron chi connectivity index (χ3n) is 2.76. The van der Waals surface area contributed by atoms with Crippen molar-refractivity contribution in [2.45, 2.75) is 31.0 Å². The van der Waals surface area contributed by atoms with Crippen molar-refractivity contribution in [1.82, 2.24) is 14.3 Å². The van der Waals surface area contributed by atoms with Crippen LogP contribution in [0.4, 0.5) is 0 Å². The second-order valence-corrected chi connectivity index (χ2v) is 6.08. The Bertz CT molecular complexity index is 508. The second kappa shape index (κ2) is 5.92. The summed E-state index contributed by atoms with van der Waals surface area (Å²) < 4.78 is 25.8. The zero-order valence-corrected chi connectivity index (χ0v) is 11.7. The highest BCUT2D eigenvalue weighted by Crippen LogP contribution is 2.17. The number of rotatable bonds is 2. The van der Waals surface area contributed by atoms with E-state index in [1.165, 1.54) is 10.5 Å². The lowest BCUT2D eigenvalue weighted by atomic mass is 10.1. The van der Waals surface area contributed by atoms with E-state index in [2.05, 4.69) is 9.97 Å². The number of halogens is 1. The van der Waals surface area contributed by atoms with Crippen molar-refractivity contribution in [2.24, 2.45) is 5.73 Å². The highest BCUT2D eigenvalue weighted by Gasteiger charge is 2.30. The minimum absolute atomic E-state index is 0. The van der Waals surface area contributed by atoms with Gasteiger partial charge in [-0.15, -0.1) is 12.4 Å². The Hall–Kier alpha value is -0.760. The molecule has 0 radical (unpaired) electrons. The molecule has 0 bridgehead atoms. The fraction of sp³-hybridized carbons (Fsp3) is 0.600. The van der Waals surface area contributed by atoms with Crippen LogP contribution in [0, 0.1) is 6.92 Å². The molecule has 1 atom stereocenters. The number of hydrogen-bond donors (Lipinski definition) is 1. The van der Waals surface area contributed by atoms with Gasteiger partial charge in [-0.25, -0.2) is 18.4 Å². The van der Waals surface area contributed by atoms with Crippen molar-refractivity contribution in [2.75, 3.05) is 13.1 Å². The zero-order valence-electron chi connectivity index (χ0n) is 10.1. The van der Waals surface area contributed by atoms with Crippen LogP contribution in [0.25, 0.3) is 0 Å². The van der Waals surface area contributed by atoms with Crippen LogP contribution in [0.3, 0.4) is 0 Å². The van der Waals surface area contributed by atoms with E-state index in [0.29, 0.717) is 18.8 Å². The first-order valence-corrected chi connectivity index (χ1v) is 6.99. The predicted molar refractivity (Wildman–Crippen MR) is 70.0 cm³/mol. The summed E-state index contributed by atoms with van der Waals surface area (Å²) in [6.45, 7) is 2.58. The number of nitrogens with zero attached hydrogens (tertiary/aromatic N) is 3. The van der Waals surface area contributed by atoms with Crippen LogP contribution in [-0.4, -0.2) is 41.8 Å². The maximum atomic E-state index is 12.2. The van der Waals surface area contributed by atoms with Crippen LogP contribution < -0.4 is 5.73 Å². The standard InChI is InChI=1S/C10H16N4O2S.ClH/c1-8-4-5-12-10(13-8)17(15,16)14-6-2-3-9(11)7-14;/h4-5,9H,2-3,6-7,11H2,1H3;1H. The molecule has 0 aliphatic carbocycles. The molecule has 18 heavy (non-hydrogen) atoms. The predicted octanol–water partition coefficient (Wildman–Crippen LogP) is 0.319. The van der Waals surface area contributed by atoms with E-state index in [-0.39, 0.29) is 23.6 Å². The molecule has 1 aromatic heterocycles. The molecule has 0 saturated carbocycles. The van der Waals surface area contributed by atoms with Gasteiger partial charge in [0.15, 0.2) is 0 Å². The van der Waals surface area contributed by atoms with E-state index in [4.69, 9.17) is 5.73 Å². The Kier molecular flexibility index (Phi) is 5.03. The van der Waals surface area contributed by atoms with Crippen molar-refractivity contribution in [3.05, 3.63) is 18.0 Å². The molecule has 0 spiro atoms. The van der Waals surface area contributed by atoms with Gasteiger partial charge >= 0.3 is 0 Å². The van der Waals surface area contributed by atoms with Crippen molar-refractivity contribution >= 4 is 22.4 Å². The first-order chi connectivity index (χ1) is 8.00. The molecule has 1 aliphatic heterocycles. The van der Waals surface area contributed by atoms with E-state index in [1.54, 1.807) is 13.0 Å². The molecule has 1 fully saturated rings. The quantitative estimate of drug-likeness (QED) is 0.793. The SMILES string of the molecule is Cc1ccnc(S(=O)(=O)N2CCCC(N)C2)n1.Cl. The van der Waals surface area contributed by atoms with Crippen LogP contribution in [0.15, 0.2) is 17.4 Å². The Morgan fingerprint density at radius 2 is 2.22 bits per heavy atom. The summed E-state index contributed by atoms with van der Waals surface area (Å²) in [5.41, 5.74) is 6.42. The van der Waals surface area contributed by atoms with Gasteiger partial charge in [-0.1, -0.05) is 0 Å². The van der Waals surface area contributed by atoms with E-state index in [9.17, 15) is 8.42 Å². The number of piperidine rings is 1. The number of aromatic nitrogens is 2. The minimum atomic E-state index is -3.59. The molecule has 102 valence electrons. The fourth-order valence-corrected chi connectivity index (χ4v) is 3.30. The number of hydrogen-bond acceptors (Lipinski definition) is 5. The van der Waals surface area contributed by atoms with Gasteiger partial charge in [0.2, 0.25) is 0 Å². The summed E-state index contributed by atoms with van der Waals surface area (Å²) in [6, 6.07) is 1.57. The lowest BCUT2D eigenvalue weighted by Crippen LogP contribution is -2.46. The van der Waals surface area contributed by atoms with Crippen molar-refractivity contribution < 1.29 is 8.42 Å². The summed E-state index contributed by atoms with van der Waals surface area (Å²) in [5.74, 6) is 0. The molecule has 2 heterocycles. The molecule has 2 rings (SSSR count). The number of aryl methyl sites for hydroxylation is 1. The van der Waals surface area contributed by atoms with Crippen LogP contribution >= 0.6 is 12.4 Å².